The van der Waals surface area contributed by atoms with E-state index in [-0.39, 0.29) is 16.9 Å². The third-order valence-electron chi connectivity index (χ3n) is 1.89. The lowest BCUT2D eigenvalue weighted by Gasteiger charge is -2.08. The van der Waals surface area contributed by atoms with Crippen LogP contribution in [0.25, 0.3) is 0 Å². The third-order valence-corrected chi connectivity index (χ3v) is 3.30. The largest absolute Gasteiger partial charge is 0.300 e. The van der Waals surface area contributed by atoms with Crippen molar-refractivity contribution in [2.75, 3.05) is 4.72 Å². The zero-order valence-corrected chi connectivity index (χ0v) is 9.35. The van der Waals surface area contributed by atoms with E-state index >= 15 is 0 Å². The van der Waals surface area contributed by atoms with Gasteiger partial charge in [-0.05, 0) is 25.0 Å². The van der Waals surface area contributed by atoms with Gasteiger partial charge in [-0.15, -0.1) is 0 Å². The highest BCUT2D eigenvalue weighted by molar-refractivity contribution is 7.90. The van der Waals surface area contributed by atoms with Gasteiger partial charge in [0.05, 0.1) is 5.02 Å². The maximum absolute atomic E-state index is 11.5. The van der Waals surface area contributed by atoms with Gasteiger partial charge >= 0.3 is 10.2 Å². The van der Waals surface area contributed by atoms with Crippen LogP contribution in [0.2, 0.25) is 5.02 Å². The summed E-state index contributed by atoms with van der Waals surface area (Å²) in [5.74, 6) is 0.146. The zero-order valence-electron chi connectivity index (χ0n) is 7.77. The maximum Gasteiger partial charge on any atom is 0.300 e. The monoisotopic (exact) mass is 247 g/mol. The summed E-state index contributed by atoms with van der Waals surface area (Å²) in [5, 5.41) is 0.277. The molecule has 0 aliphatic heterocycles. The summed E-state index contributed by atoms with van der Waals surface area (Å²) >= 11 is 5.77. The Kier molecular flexibility index (Phi) is 2.81. The van der Waals surface area contributed by atoms with Crippen molar-refractivity contribution in [3.8, 4) is 0 Å². The van der Waals surface area contributed by atoms with E-state index in [1.54, 1.807) is 12.1 Å². The normalized spacial score (nSPS) is 16.3. The van der Waals surface area contributed by atoms with Crippen LogP contribution < -0.4 is 9.44 Å². The van der Waals surface area contributed by atoms with Crippen LogP contribution in [0.4, 0.5) is 5.82 Å². The fraction of sp³-hybridized carbons (Fsp3) is 0.375. The topological polar surface area (TPSA) is 71.1 Å². The standard InChI is InChI=1S/C8H10ClN3O2S/c9-7-2-1-5-10-8(7)12-15(13,14)11-6-3-4-6/h1-2,5-6,11H,3-4H2,(H,10,12). The predicted octanol–water partition coefficient (Wildman–Crippen LogP) is 1.14. The molecule has 5 nitrogen and oxygen atoms in total. The van der Waals surface area contributed by atoms with Crippen LogP contribution in [-0.4, -0.2) is 19.4 Å². The van der Waals surface area contributed by atoms with E-state index in [0.717, 1.165) is 12.8 Å². The lowest BCUT2D eigenvalue weighted by molar-refractivity contribution is 0.586. The molecule has 0 spiro atoms. The van der Waals surface area contributed by atoms with Gasteiger partial charge in [0.1, 0.15) is 0 Å². The Morgan fingerprint density at radius 1 is 1.47 bits per heavy atom. The Labute approximate surface area is 93.0 Å². The first-order valence-electron chi connectivity index (χ1n) is 4.47. The number of nitrogens with one attached hydrogen (secondary N) is 2. The van der Waals surface area contributed by atoms with Gasteiger partial charge < -0.3 is 0 Å². The highest BCUT2D eigenvalue weighted by Gasteiger charge is 2.27. The molecule has 2 rings (SSSR count). The summed E-state index contributed by atoms with van der Waals surface area (Å²) in [4.78, 5) is 3.83. The van der Waals surface area contributed by atoms with Gasteiger partial charge in [-0.2, -0.15) is 13.1 Å². The number of halogens is 1. The highest BCUT2D eigenvalue weighted by atomic mass is 35.5. The molecule has 1 aromatic heterocycles. The van der Waals surface area contributed by atoms with Crippen LogP contribution in [0.5, 0.6) is 0 Å². The van der Waals surface area contributed by atoms with Crippen LogP contribution in [0.3, 0.4) is 0 Å². The Morgan fingerprint density at radius 2 is 2.20 bits per heavy atom. The molecule has 1 fully saturated rings. The van der Waals surface area contributed by atoms with Crippen molar-refractivity contribution in [2.24, 2.45) is 0 Å². The molecule has 1 aliphatic rings. The molecule has 0 saturated heterocycles. The summed E-state index contributed by atoms with van der Waals surface area (Å²) < 4.78 is 27.7. The lowest BCUT2D eigenvalue weighted by atomic mass is 10.5. The van der Waals surface area contributed by atoms with Gasteiger partial charge in [0.15, 0.2) is 5.82 Å². The van der Waals surface area contributed by atoms with Crippen molar-refractivity contribution in [1.29, 1.82) is 0 Å². The second-order valence-corrected chi connectivity index (χ2v) is 5.19. The Morgan fingerprint density at radius 3 is 2.80 bits per heavy atom. The predicted molar refractivity (Wildman–Crippen MR) is 57.9 cm³/mol. The number of nitrogens with zero attached hydrogens (tertiary/aromatic N) is 1. The average molecular weight is 248 g/mol. The molecule has 2 N–H and O–H groups in total. The third kappa shape index (κ3) is 3.05. The minimum absolute atomic E-state index is 0.0602. The number of aromatic nitrogens is 1. The highest BCUT2D eigenvalue weighted by Crippen LogP contribution is 2.22. The molecule has 1 heterocycles. The van der Waals surface area contributed by atoms with Gasteiger partial charge in [0.2, 0.25) is 0 Å². The van der Waals surface area contributed by atoms with E-state index < -0.39 is 10.2 Å². The first-order valence-corrected chi connectivity index (χ1v) is 6.33. The lowest BCUT2D eigenvalue weighted by Crippen LogP contribution is -2.32. The van der Waals surface area contributed by atoms with Gasteiger partial charge in [-0.1, -0.05) is 11.6 Å². The molecule has 15 heavy (non-hydrogen) atoms. The van der Waals surface area contributed by atoms with Gasteiger partial charge in [0.25, 0.3) is 0 Å². The Balaban J connectivity index is 2.10. The first kappa shape index (κ1) is 10.7. The fourth-order valence-corrected chi connectivity index (χ4v) is 2.41. The van der Waals surface area contributed by atoms with Crippen molar-refractivity contribution in [3.63, 3.8) is 0 Å². The quantitative estimate of drug-likeness (QED) is 0.838. The van der Waals surface area contributed by atoms with Crippen molar-refractivity contribution in [3.05, 3.63) is 23.4 Å². The molecule has 1 aromatic rings. The van der Waals surface area contributed by atoms with Crippen molar-refractivity contribution >= 4 is 27.6 Å². The van der Waals surface area contributed by atoms with Crippen LogP contribution in [0, 0.1) is 0 Å². The summed E-state index contributed by atoms with van der Waals surface area (Å²) in [6.07, 6.45) is 3.24. The van der Waals surface area contributed by atoms with E-state index in [2.05, 4.69) is 14.4 Å². The van der Waals surface area contributed by atoms with Crippen molar-refractivity contribution in [1.82, 2.24) is 9.71 Å². The molecule has 0 aromatic carbocycles. The minimum Gasteiger partial charge on any atom is -0.253 e. The van der Waals surface area contributed by atoms with Crippen molar-refractivity contribution < 1.29 is 8.42 Å². The number of hydrogen-bond donors (Lipinski definition) is 2. The van der Waals surface area contributed by atoms with E-state index in [0.29, 0.717) is 0 Å². The first-order chi connectivity index (χ1) is 7.07. The second kappa shape index (κ2) is 3.96. The van der Waals surface area contributed by atoms with Crippen molar-refractivity contribution in [2.45, 2.75) is 18.9 Å². The SMILES string of the molecule is O=S(=O)(Nc1ncccc1Cl)NC1CC1. The van der Waals surface area contributed by atoms with E-state index in [1.807, 2.05) is 0 Å². The molecule has 1 saturated carbocycles. The molecule has 0 unspecified atom stereocenters. The van der Waals surface area contributed by atoms with Gasteiger partial charge in [-0.3, -0.25) is 4.72 Å². The summed E-state index contributed by atoms with van der Waals surface area (Å²) in [5.41, 5.74) is 0. The van der Waals surface area contributed by atoms with Crippen LogP contribution in [-0.2, 0) is 10.2 Å². The molecule has 0 bridgehead atoms. The van der Waals surface area contributed by atoms with Gasteiger partial charge in [0, 0.05) is 12.2 Å². The molecule has 7 heteroatoms. The molecule has 82 valence electrons. The average Bonchev–Trinajstić information content (AvgIpc) is 2.91. The molecule has 0 amide bonds. The Bertz CT molecular complexity index is 459. The number of anilines is 1. The molecule has 0 radical (unpaired) electrons. The Hall–Kier alpha value is -0.850. The molecular formula is C8H10ClN3O2S. The van der Waals surface area contributed by atoms with Crippen LogP contribution in [0.1, 0.15) is 12.8 Å². The fourth-order valence-electron chi connectivity index (χ4n) is 1.04. The van der Waals surface area contributed by atoms with E-state index in [1.165, 1.54) is 6.20 Å². The van der Waals surface area contributed by atoms with E-state index in [9.17, 15) is 8.42 Å². The second-order valence-electron chi connectivity index (χ2n) is 3.33. The van der Waals surface area contributed by atoms with Crippen LogP contribution >= 0.6 is 11.6 Å². The number of rotatable bonds is 4. The maximum atomic E-state index is 11.5. The molecule has 0 atom stereocenters. The summed E-state index contributed by atoms with van der Waals surface area (Å²) in [7, 11) is -3.54. The summed E-state index contributed by atoms with van der Waals surface area (Å²) in [6, 6.07) is 3.27. The number of hydrogen-bond acceptors (Lipinski definition) is 3. The van der Waals surface area contributed by atoms with Crippen LogP contribution in [0.15, 0.2) is 18.3 Å². The smallest absolute Gasteiger partial charge is 0.253 e. The van der Waals surface area contributed by atoms with Gasteiger partial charge in [-0.25, -0.2) is 4.98 Å². The number of pyridine rings is 1. The zero-order chi connectivity index (χ0) is 10.9. The molecule has 1 aliphatic carbocycles. The van der Waals surface area contributed by atoms with E-state index in [4.69, 9.17) is 11.6 Å². The molecular weight excluding hydrogens is 238 g/mol. The summed E-state index contributed by atoms with van der Waals surface area (Å²) in [6.45, 7) is 0. The minimum atomic E-state index is -3.54.